The maximum atomic E-state index is 11.2. The van der Waals surface area contributed by atoms with Gasteiger partial charge in [-0.05, 0) is 36.0 Å². The molecule has 3 aromatic carbocycles. The van der Waals surface area contributed by atoms with Crippen LogP contribution in [0.3, 0.4) is 0 Å². The molecule has 0 unspecified atom stereocenters. The van der Waals surface area contributed by atoms with Gasteiger partial charge in [-0.3, -0.25) is 4.55 Å². The molecule has 6 heteroatoms. The molecule has 3 nitrogen and oxygen atoms in total. The smallest absolute Gasteiger partial charge is 0.282 e. The van der Waals surface area contributed by atoms with Crippen LogP contribution in [0.5, 0.6) is 0 Å². The van der Waals surface area contributed by atoms with E-state index in [0.29, 0.717) is 0 Å². The molecule has 0 aliphatic carbocycles. The Bertz CT molecular complexity index is 843. The summed E-state index contributed by atoms with van der Waals surface area (Å²) in [6.07, 6.45) is 0. The van der Waals surface area contributed by atoms with Crippen LogP contribution in [0.15, 0.2) is 89.8 Å². The maximum Gasteiger partial charge on any atom is 0.294 e. The van der Waals surface area contributed by atoms with Crippen molar-refractivity contribution in [1.82, 2.24) is 0 Å². The molecular formula is C18H15KO3PS. The van der Waals surface area contributed by atoms with Crippen molar-refractivity contribution >= 4 is 85.3 Å². The zero-order valence-corrected chi connectivity index (χ0v) is 18.0. The molecule has 0 saturated carbocycles. The van der Waals surface area contributed by atoms with Crippen molar-refractivity contribution in [3.8, 4) is 0 Å². The van der Waals surface area contributed by atoms with Crippen molar-refractivity contribution in [1.29, 1.82) is 0 Å². The van der Waals surface area contributed by atoms with Gasteiger partial charge in [0.2, 0.25) is 0 Å². The van der Waals surface area contributed by atoms with E-state index < -0.39 is 18.0 Å². The van der Waals surface area contributed by atoms with E-state index in [-0.39, 0.29) is 56.3 Å². The molecule has 3 rings (SSSR count). The van der Waals surface area contributed by atoms with Gasteiger partial charge in [0.1, 0.15) is 0 Å². The van der Waals surface area contributed by atoms with Gasteiger partial charge in [0.15, 0.2) is 0 Å². The quantitative estimate of drug-likeness (QED) is 0.429. The van der Waals surface area contributed by atoms with Gasteiger partial charge in [-0.15, -0.1) is 0 Å². The molecule has 1 radical (unpaired) electrons. The minimum Gasteiger partial charge on any atom is -0.282 e. The second kappa shape index (κ2) is 8.83. The largest absolute Gasteiger partial charge is 0.294 e. The molecule has 0 bridgehead atoms. The Morgan fingerprint density at radius 1 is 0.625 bits per heavy atom. The molecule has 0 saturated heterocycles. The number of rotatable bonds is 4. The summed E-state index contributed by atoms with van der Waals surface area (Å²) >= 11 is 0. The fraction of sp³-hybridized carbons (Fsp3) is 0. The predicted octanol–water partition coefficient (Wildman–Crippen LogP) is 2.31. The minimum atomic E-state index is -4.17. The number of hydrogen-bond donors (Lipinski definition) is 1. The third kappa shape index (κ3) is 4.84. The van der Waals surface area contributed by atoms with Gasteiger partial charge in [-0.2, -0.15) is 8.42 Å². The van der Waals surface area contributed by atoms with E-state index in [0.717, 1.165) is 5.30 Å². The molecule has 0 atom stereocenters. The molecule has 0 amide bonds. The Balaban J connectivity index is 0.00000208. The Hall–Kier alpha value is -0.364. The van der Waals surface area contributed by atoms with E-state index in [1.165, 1.54) is 22.7 Å². The summed E-state index contributed by atoms with van der Waals surface area (Å²) in [4.78, 5) is -0.0858. The van der Waals surface area contributed by atoms with Gasteiger partial charge in [0.05, 0.1) is 4.90 Å². The number of benzene rings is 3. The molecular weight excluding hydrogens is 366 g/mol. The van der Waals surface area contributed by atoms with Gasteiger partial charge in [0, 0.05) is 51.4 Å². The monoisotopic (exact) mass is 381 g/mol. The average molecular weight is 381 g/mol. The van der Waals surface area contributed by atoms with Gasteiger partial charge in [-0.1, -0.05) is 72.8 Å². The topological polar surface area (TPSA) is 54.4 Å². The van der Waals surface area contributed by atoms with Crippen molar-refractivity contribution < 1.29 is 13.0 Å². The summed E-state index contributed by atoms with van der Waals surface area (Å²) in [6.45, 7) is 0. The summed E-state index contributed by atoms with van der Waals surface area (Å²) < 4.78 is 31.6. The fourth-order valence-corrected chi connectivity index (χ4v) is 5.13. The summed E-state index contributed by atoms with van der Waals surface area (Å²) in [5.74, 6) is 0. The molecule has 0 spiro atoms. The Labute approximate surface area is 186 Å². The van der Waals surface area contributed by atoms with Crippen LogP contribution >= 0.6 is 7.92 Å². The van der Waals surface area contributed by atoms with Crippen LogP contribution in [0.1, 0.15) is 0 Å². The molecule has 0 aliphatic heterocycles. The van der Waals surface area contributed by atoms with Gasteiger partial charge < -0.3 is 0 Å². The minimum absolute atomic E-state index is 0. The summed E-state index contributed by atoms with van der Waals surface area (Å²) in [6, 6.07) is 26.7. The summed E-state index contributed by atoms with van der Waals surface area (Å²) in [7, 11) is -4.94. The van der Waals surface area contributed by atoms with Crippen molar-refractivity contribution in [2.24, 2.45) is 0 Å². The first-order valence-electron chi connectivity index (χ1n) is 7.03. The normalized spacial score (nSPS) is 11.1. The number of hydrogen-bond acceptors (Lipinski definition) is 2. The molecule has 1 N–H and O–H groups in total. The standard InChI is InChI=1S/C18H15O3PS.K/c19-23(20,21)18-13-11-17(12-14-18)22(15-7-3-1-4-8-15)16-9-5-2-6-10-16;/h1-14H,(H,19,20,21);. The van der Waals surface area contributed by atoms with Crippen molar-refractivity contribution in [2.45, 2.75) is 4.90 Å². The molecule has 3 aromatic rings. The van der Waals surface area contributed by atoms with Crippen LogP contribution in [-0.4, -0.2) is 64.4 Å². The van der Waals surface area contributed by atoms with E-state index in [1.807, 2.05) is 36.4 Å². The SMILES string of the molecule is O=S(=O)(O)c1ccc(P(c2ccccc2)c2ccccc2)cc1.[K]. The van der Waals surface area contributed by atoms with E-state index >= 15 is 0 Å². The van der Waals surface area contributed by atoms with Crippen LogP contribution in [0.25, 0.3) is 0 Å². The van der Waals surface area contributed by atoms with Gasteiger partial charge >= 0.3 is 0 Å². The Morgan fingerprint density at radius 3 is 1.38 bits per heavy atom. The van der Waals surface area contributed by atoms with Crippen LogP contribution in [0.2, 0.25) is 0 Å². The third-order valence-corrected chi connectivity index (χ3v) is 6.73. The zero-order valence-electron chi connectivity index (χ0n) is 13.2. The average Bonchev–Trinajstić information content (AvgIpc) is 2.57. The van der Waals surface area contributed by atoms with E-state index in [4.69, 9.17) is 4.55 Å². The van der Waals surface area contributed by atoms with Crippen LogP contribution < -0.4 is 15.9 Å². The van der Waals surface area contributed by atoms with Crippen LogP contribution in [0.4, 0.5) is 0 Å². The molecule has 0 heterocycles. The fourth-order valence-electron chi connectivity index (χ4n) is 2.37. The molecule has 0 fully saturated rings. The first kappa shape index (κ1) is 20.0. The summed E-state index contributed by atoms with van der Waals surface area (Å²) in [5, 5.41) is 3.41. The molecule has 117 valence electrons. The first-order valence-corrected chi connectivity index (χ1v) is 9.82. The third-order valence-electron chi connectivity index (χ3n) is 3.42. The molecule has 0 aromatic heterocycles. The second-order valence-corrected chi connectivity index (χ2v) is 8.62. The van der Waals surface area contributed by atoms with E-state index in [2.05, 4.69) is 24.3 Å². The Kier molecular flexibility index (Phi) is 7.34. The predicted molar refractivity (Wildman–Crippen MR) is 101 cm³/mol. The molecule has 24 heavy (non-hydrogen) atoms. The Morgan fingerprint density at radius 2 is 1.00 bits per heavy atom. The van der Waals surface area contributed by atoms with Crippen LogP contribution in [0, 0.1) is 0 Å². The van der Waals surface area contributed by atoms with Crippen molar-refractivity contribution in [3.05, 3.63) is 84.9 Å². The first-order chi connectivity index (χ1) is 11.1. The van der Waals surface area contributed by atoms with Crippen molar-refractivity contribution in [3.63, 3.8) is 0 Å². The van der Waals surface area contributed by atoms with Gasteiger partial charge in [0.25, 0.3) is 10.1 Å². The van der Waals surface area contributed by atoms with Gasteiger partial charge in [-0.25, -0.2) is 0 Å². The second-order valence-electron chi connectivity index (χ2n) is 4.98. The van der Waals surface area contributed by atoms with E-state index in [9.17, 15) is 8.42 Å². The molecule has 0 aliphatic rings. The van der Waals surface area contributed by atoms with E-state index in [1.54, 1.807) is 12.1 Å². The van der Waals surface area contributed by atoms with Crippen LogP contribution in [-0.2, 0) is 10.1 Å². The summed E-state index contributed by atoms with van der Waals surface area (Å²) in [5.41, 5.74) is 0. The maximum absolute atomic E-state index is 11.2. The zero-order chi connectivity index (χ0) is 16.3. The van der Waals surface area contributed by atoms with Crippen molar-refractivity contribution in [2.75, 3.05) is 0 Å².